The Labute approximate surface area is 172 Å². The van der Waals surface area contributed by atoms with E-state index in [4.69, 9.17) is 9.47 Å². The summed E-state index contributed by atoms with van der Waals surface area (Å²) in [7, 11) is 1.64. The summed E-state index contributed by atoms with van der Waals surface area (Å²) >= 11 is 3.03. The lowest BCUT2D eigenvalue weighted by Gasteiger charge is -2.10. The van der Waals surface area contributed by atoms with Crippen LogP contribution in [0.5, 0.6) is 11.5 Å². The quantitative estimate of drug-likeness (QED) is 0.381. The number of aromatic nitrogens is 2. The molecule has 1 N–H and O–H groups in total. The van der Waals surface area contributed by atoms with Gasteiger partial charge in [0.1, 0.15) is 11.5 Å². The van der Waals surface area contributed by atoms with Crippen molar-refractivity contribution in [2.45, 2.75) is 23.9 Å². The number of hydrogen-bond acceptors (Lipinski definition) is 8. The smallest absolute Gasteiger partial charge is 0.210 e. The minimum atomic E-state index is 0.0370. The first-order chi connectivity index (χ1) is 13.6. The summed E-state index contributed by atoms with van der Waals surface area (Å²) in [5.41, 5.74) is 2.54. The third-order valence-corrected chi connectivity index (χ3v) is 5.87. The van der Waals surface area contributed by atoms with E-state index in [-0.39, 0.29) is 5.78 Å². The lowest BCUT2D eigenvalue weighted by Crippen LogP contribution is -1.99. The zero-order valence-electron chi connectivity index (χ0n) is 15.9. The number of Topliss-reactive ketones (excluding diaryl/α,β-unsaturated/α-hetero) is 1. The van der Waals surface area contributed by atoms with Gasteiger partial charge in [-0.3, -0.25) is 4.79 Å². The second kappa shape index (κ2) is 9.57. The number of nitrogens with zero attached hydrogens (tertiary/aromatic N) is 2. The van der Waals surface area contributed by atoms with E-state index in [0.29, 0.717) is 23.1 Å². The van der Waals surface area contributed by atoms with Crippen molar-refractivity contribution in [2.75, 3.05) is 19.0 Å². The van der Waals surface area contributed by atoms with Crippen LogP contribution in [0.15, 0.2) is 46.8 Å². The second-order valence-electron chi connectivity index (χ2n) is 5.83. The molecule has 0 aliphatic carbocycles. The van der Waals surface area contributed by atoms with Crippen molar-refractivity contribution in [3.63, 3.8) is 0 Å². The molecule has 0 unspecified atom stereocenters. The van der Waals surface area contributed by atoms with Gasteiger partial charge in [0.2, 0.25) is 5.13 Å². The van der Waals surface area contributed by atoms with Crippen molar-refractivity contribution >= 4 is 39.7 Å². The molecule has 0 bridgehead atoms. The molecule has 1 heterocycles. The van der Waals surface area contributed by atoms with Crippen LogP contribution in [0.25, 0.3) is 0 Å². The molecule has 6 nitrogen and oxygen atoms in total. The van der Waals surface area contributed by atoms with Gasteiger partial charge in [-0.25, -0.2) is 0 Å². The molecule has 28 heavy (non-hydrogen) atoms. The maximum atomic E-state index is 11.7. The van der Waals surface area contributed by atoms with Gasteiger partial charge in [-0.15, -0.1) is 10.2 Å². The second-order valence-corrected chi connectivity index (χ2v) is 8.03. The molecule has 0 saturated heterocycles. The Hall–Kier alpha value is -2.58. The summed E-state index contributed by atoms with van der Waals surface area (Å²) in [6.45, 7) is 4.08. The van der Waals surface area contributed by atoms with Crippen molar-refractivity contribution in [1.82, 2.24) is 10.2 Å². The summed E-state index contributed by atoms with van der Waals surface area (Å²) in [4.78, 5) is 11.7. The largest absolute Gasteiger partial charge is 0.497 e. The fourth-order valence-electron chi connectivity index (χ4n) is 2.49. The average molecular weight is 416 g/mol. The Balaban J connectivity index is 1.68. The maximum absolute atomic E-state index is 11.7. The first kappa shape index (κ1) is 20.2. The highest BCUT2D eigenvalue weighted by Gasteiger charge is 2.11. The van der Waals surface area contributed by atoms with Crippen LogP contribution in [0.2, 0.25) is 0 Å². The lowest BCUT2D eigenvalue weighted by atomic mass is 10.1. The fourth-order valence-corrected chi connectivity index (χ4v) is 4.24. The third-order valence-electron chi connectivity index (χ3n) is 3.85. The number of carbonyl (C=O) groups is 1. The van der Waals surface area contributed by atoms with E-state index in [1.165, 1.54) is 11.3 Å². The number of anilines is 2. The Morgan fingerprint density at radius 2 is 2.07 bits per heavy atom. The van der Waals surface area contributed by atoms with Crippen LogP contribution in [0.3, 0.4) is 0 Å². The zero-order chi connectivity index (χ0) is 19.9. The number of benzene rings is 2. The zero-order valence-corrected chi connectivity index (χ0v) is 17.5. The van der Waals surface area contributed by atoms with Crippen molar-refractivity contribution in [3.05, 3.63) is 53.6 Å². The Bertz CT molecular complexity index is 959. The number of carbonyl (C=O) groups excluding carboxylic acids is 1. The van der Waals surface area contributed by atoms with Crippen LogP contribution in [-0.2, 0) is 5.75 Å². The standard InChI is InChI=1S/C20H21N3O3S2/c1-4-26-18-9-8-14(13(2)24)10-15(18)12-27-20-23-22-19(28-20)21-16-6-5-7-17(11-16)25-3/h5-11H,4,12H2,1-3H3,(H,21,22). The summed E-state index contributed by atoms with van der Waals surface area (Å²) in [6.07, 6.45) is 0. The topological polar surface area (TPSA) is 73.3 Å². The van der Waals surface area contributed by atoms with E-state index in [1.54, 1.807) is 31.9 Å². The number of thioether (sulfide) groups is 1. The summed E-state index contributed by atoms with van der Waals surface area (Å²) in [5, 5.41) is 12.4. The van der Waals surface area contributed by atoms with E-state index in [2.05, 4.69) is 15.5 Å². The molecule has 0 fully saturated rings. The van der Waals surface area contributed by atoms with Gasteiger partial charge in [-0.2, -0.15) is 0 Å². The van der Waals surface area contributed by atoms with E-state index in [1.807, 2.05) is 43.3 Å². The molecule has 0 saturated carbocycles. The van der Waals surface area contributed by atoms with Crippen LogP contribution in [-0.4, -0.2) is 29.7 Å². The molecule has 0 amide bonds. The van der Waals surface area contributed by atoms with Gasteiger partial charge in [0.05, 0.1) is 13.7 Å². The number of rotatable bonds is 9. The maximum Gasteiger partial charge on any atom is 0.210 e. The molecular weight excluding hydrogens is 394 g/mol. The van der Waals surface area contributed by atoms with Gasteiger partial charge in [0.15, 0.2) is 10.1 Å². The van der Waals surface area contributed by atoms with Crippen molar-refractivity contribution < 1.29 is 14.3 Å². The molecule has 8 heteroatoms. The fraction of sp³-hybridized carbons (Fsp3) is 0.250. The predicted octanol–water partition coefficient (Wildman–Crippen LogP) is 5.18. The molecule has 0 aliphatic rings. The minimum Gasteiger partial charge on any atom is -0.497 e. The number of hydrogen-bond donors (Lipinski definition) is 1. The first-order valence-electron chi connectivity index (χ1n) is 8.73. The van der Waals surface area contributed by atoms with Crippen molar-refractivity contribution in [3.8, 4) is 11.5 Å². The highest BCUT2D eigenvalue weighted by atomic mass is 32.2. The Kier molecular flexibility index (Phi) is 6.89. The molecule has 3 rings (SSSR count). The molecule has 3 aromatic rings. The van der Waals surface area contributed by atoms with Crippen LogP contribution in [0, 0.1) is 0 Å². The molecule has 0 spiro atoms. The molecule has 0 radical (unpaired) electrons. The van der Waals surface area contributed by atoms with Crippen molar-refractivity contribution in [1.29, 1.82) is 0 Å². The molecule has 1 aromatic heterocycles. The number of methoxy groups -OCH3 is 1. The number of ketones is 1. The minimum absolute atomic E-state index is 0.0370. The molecule has 0 aliphatic heterocycles. The van der Waals surface area contributed by atoms with Crippen molar-refractivity contribution in [2.24, 2.45) is 0 Å². The summed E-state index contributed by atoms with van der Waals surface area (Å²) < 4.78 is 11.7. The van der Waals surface area contributed by atoms with Gasteiger partial charge >= 0.3 is 0 Å². The summed E-state index contributed by atoms with van der Waals surface area (Å²) in [5.74, 6) is 2.25. The predicted molar refractivity (Wildman–Crippen MR) is 113 cm³/mol. The Morgan fingerprint density at radius 3 is 2.82 bits per heavy atom. The first-order valence-corrected chi connectivity index (χ1v) is 10.5. The van der Waals surface area contributed by atoms with Crippen LogP contribution >= 0.6 is 23.1 Å². The molecule has 2 aromatic carbocycles. The van der Waals surface area contributed by atoms with Gasteiger partial charge < -0.3 is 14.8 Å². The number of nitrogens with one attached hydrogen (secondary N) is 1. The SMILES string of the molecule is CCOc1ccc(C(C)=O)cc1CSc1nnc(Nc2cccc(OC)c2)s1. The van der Waals surface area contributed by atoms with E-state index < -0.39 is 0 Å². The van der Waals surface area contributed by atoms with E-state index in [0.717, 1.165) is 27.1 Å². The normalized spacial score (nSPS) is 10.5. The lowest BCUT2D eigenvalue weighted by molar-refractivity contribution is 0.101. The highest BCUT2D eigenvalue weighted by Crippen LogP contribution is 2.33. The molecular formula is C20H21N3O3S2. The third kappa shape index (κ3) is 5.24. The van der Waals surface area contributed by atoms with E-state index in [9.17, 15) is 4.79 Å². The molecule has 146 valence electrons. The monoisotopic (exact) mass is 415 g/mol. The van der Waals surface area contributed by atoms with Gasteiger partial charge in [0, 0.05) is 28.6 Å². The van der Waals surface area contributed by atoms with Gasteiger partial charge in [0.25, 0.3) is 0 Å². The number of ether oxygens (including phenoxy) is 2. The van der Waals surface area contributed by atoms with Crippen LogP contribution in [0.1, 0.15) is 29.8 Å². The highest BCUT2D eigenvalue weighted by molar-refractivity contribution is 8.00. The van der Waals surface area contributed by atoms with E-state index >= 15 is 0 Å². The summed E-state index contributed by atoms with van der Waals surface area (Å²) in [6, 6.07) is 13.2. The van der Waals surface area contributed by atoms with Gasteiger partial charge in [-0.05, 0) is 44.2 Å². The van der Waals surface area contributed by atoms with Crippen LogP contribution in [0.4, 0.5) is 10.8 Å². The average Bonchev–Trinajstić information content (AvgIpc) is 3.14. The Morgan fingerprint density at radius 1 is 1.21 bits per heavy atom. The molecule has 0 atom stereocenters. The van der Waals surface area contributed by atoms with Crippen LogP contribution < -0.4 is 14.8 Å². The van der Waals surface area contributed by atoms with Gasteiger partial charge in [-0.1, -0.05) is 29.2 Å².